The van der Waals surface area contributed by atoms with Crippen molar-refractivity contribution in [2.24, 2.45) is 0 Å². The largest absolute Gasteiger partial charge is 0.492 e. The van der Waals surface area contributed by atoms with E-state index in [2.05, 4.69) is 0 Å². The van der Waals surface area contributed by atoms with Crippen molar-refractivity contribution in [1.82, 2.24) is 0 Å². The van der Waals surface area contributed by atoms with E-state index in [1.165, 1.54) is 6.07 Å². The first-order valence-corrected chi connectivity index (χ1v) is 7.76. The molecule has 0 aliphatic heterocycles. The van der Waals surface area contributed by atoms with E-state index in [9.17, 15) is 13.2 Å². The lowest BCUT2D eigenvalue weighted by Gasteiger charge is -2.08. The van der Waals surface area contributed by atoms with Crippen LogP contribution in [-0.4, -0.2) is 32.8 Å². The smallest absolute Gasteiger partial charge is 0.153 e. The van der Waals surface area contributed by atoms with Gasteiger partial charge in [0.25, 0.3) is 0 Å². The summed E-state index contributed by atoms with van der Waals surface area (Å²) in [6.07, 6.45) is 1.21. The van der Waals surface area contributed by atoms with Crippen molar-refractivity contribution in [2.75, 3.05) is 18.1 Å². The van der Waals surface area contributed by atoms with E-state index in [0.717, 1.165) is 0 Å². The van der Waals surface area contributed by atoms with Crippen LogP contribution in [0.25, 0.3) is 0 Å². The van der Waals surface area contributed by atoms with Crippen molar-refractivity contribution >= 4 is 27.7 Å². The first-order valence-electron chi connectivity index (χ1n) is 5.56. The van der Waals surface area contributed by atoms with Gasteiger partial charge >= 0.3 is 0 Å². The lowest BCUT2D eigenvalue weighted by atomic mass is 10.2. The van der Waals surface area contributed by atoms with Gasteiger partial charge in [0.15, 0.2) is 16.1 Å². The molecule has 4 nitrogen and oxygen atoms in total. The fourth-order valence-electron chi connectivity index (χ4n) is 1.43. The molecule has 0 saturated heterocycles. The molecule has 1 aromatic carbocycles. The first-order chi connectivity index (χ1) is 8.48. The zero-order valence-corrected chi connectivity index (χ0v) is 11.6. The summed E-state index contributed by atoms with van der Waals surface area (Å²) < 4.78 is 28.2. The Hall–Kier alpha value is -1.07. The standard InChI is InChI=1S/C12H15ClO4S/c1-2-6-18(15,16)7-5-17-12-4-3-11(13)8-10(12)9-14/h3-4,8-9H,2,5-7H2,1H3. The molecule has 0 unspecified atom stereocenters. The van der Waals surface area contributed by atoms with Gasteiger partial charge in [-0.1, -0.05) is 18.5 Å². The summed E-state index contributed by atoms with van der Waals surface area (Å²) in [6, 6.07) is 4.62. The van der Waals surface area contributed by atoms with Crippen LogP contribution in [0.15, 0.2) is 18.2 Å². The summed E-state index contributed by atoms with van der Waals surface area (Å²) in [4.78, 5) is 10.8. The summed E-state index contributed by atoms with van der Waals surface area (Å²) in [6.45, 7) is 1.84. The van der Waals surface area contributed by atoms with Gasteiger partial charge in [0.1, 0.15) is 12.4 Å². The quantitative estimate of drug-likeness (QED) is 0.723. The summed E-state index contributed by atoms with van der Waals surface area (Å²) >= 11 is 5.73. The van der Waals surface area contributed by atoms with Gasteiger partial charge in [0, 0.05) is 5.02 Å². The fraction of sp³-hybridized carbons (Fsp3) is 0.417. The third-order valence-corrected chi connectivity index (χ3v) is 4.32. The second-order valence-corrected chi connectivity index (χ2v) is 6.54. The lowest BCUT2D eigenvalue weighted by Crippen LogP contribution is -2.17. The zero-order valence-electron chi connectivity index (χ0n) is 10.1. The van der Waals surface area contributed by atoms with E-state index in [1.807, 2.05) is 6.92 Å². The average Bonchev–Trinajstić information content (AvgIpc) is 2.30. The van der Waals surface area contributed by atoms with Crippen LogP contribution >= 0.6 is 11.6 Å². The molecule has 1 aromatic rings. The van der Waals surface area contributed by atoms with Gasteiger partial charge in [-0.15, -0.1) is 0 Å². The third-order valence-electron chi connectivity index (χ3n) is 2.27. The van der Waals surface area contributed by atoms with Crippen LogP contribution in [0.4, 0.5) is 0 Å². The Morgan fingerprint density at radius 2 is 2.06 bits per heavy atom. The Morgan fingerprint density at radius 3 is 2.67 bits per heavy atom. The van der Waals surface area contributed by atoms with Crippen molar-refractivity contribution in [3.05, 3.63) is 28.8 Å². The van der Waals surface area contributed by atoms with Crippen LogP contribution in [0, 0.1) is 0 Å². The van der Waals surface area contributed by atoms with E-state index in [4.69, 9.17) is 16.3 Å². The van der Waals surface area contributed by atoms with Crippen LogP contribution in [0.3, 0.4) is 0 Å². The molecule has 0 bridgehead atoms. The maximum atomic E-state index is 11.5. The maximum Gasteiger partial charge on any atom is 0.153 e. The van der Waals surface area contributed by atoms with Crippen molar-refractivity contribution in [1.29, 1.82) is 0 Å². The van der Waals surface area contributed by atoms with Crippen molar-refractivity contribution in [2.45, 2.75) is 13.3 Å². The van der Waals surface area contributed by atoms with Gasteiger partial charge in [-0.3, -0.25) is 4.79 Å². The Morgan fingerprint density at radius 1 is 1.33 bits per heavy atom. The molecule has 6 heteroatoms. The van der Waals surface area contributed by atoms with Crippen LogP contribution in [-0.2, 0) is 9.84 Å². The van der Waals surface area contributed by atoms with E-state index < -0.39 is 9.84 Å². The average molecular weight is 291 g/mol. The number of hydrogen-bond donors (Lipinski definition) is 0. The highest BCUT2D eigenvalue weighted by Gasteiger charge is 2.10. The highest BCUT2D eigenvalue weighted by molar-refractivity contribution is 7.91. The number of aldehydes is 1. The third kappa shape index (κ3) is 4.66. The maximum absolute atomic E-state index is 11.5. The van der Waals surface area contributed by atoms with Gasteiger partial charge in [0.05, 0.1) is 17.1 Å². The molecule has 100 valence electrons. The number of halogens is 1. The van der Waals surface area contributed by atoms with E-state index in [0.29, 0.717) is 29.0 Å². The number of ether oxygens (including phenoxy) is 1. The number of hydrogen-bond acceptors (Lipinski definition) is 4. The predicted molar refractivity (Wildman–Crippen MR) is 71.3 cm³/mol. The lowest BCUT2D eigenvalue weighted by molar-refractivity contribution is 0.112. The van der Waals surface area contributed by atoms with Gasteiger partial charge in [0.2, 0.25) is 0 Å². The van der Waals surface area contributed by atoms with Crippen LogP contribution < -0.4 is 4.74 Å². The molecule has 0 aromatic heterocycles. The number of sulfone groups is 1. The predicted octanol–water partition coefficient (Wildman–Crippen LogP) is 2.36. The van der Waals surface area contributed by atoms with E-state index in [1.54, 1.807) is 12.1 Å². The van der Waals surface area contributed by atoms with Crippen LogP contribution in [0.5, 0.6) is 5.75 Å². The first kappa shape index (κ1) is 15.0. The minimum Gasteiger partial charge on any atom is -0.492 e. The Kier molecular flexibility index (Phi) is 5.62. The van der Waals surface area contributed by atoms with E-state index >= 15 is 0 Å². The molecule has 0 fully saturated rings. The van der Waals surface area contributed by atoms with Crippen LogP contribution in [0.1, 0.15) is 23.7 Å². The second-order valence-electron chi connectivity index (χ2n) is 3.80. The molecule has 0 aliphatic rings. The molecule has 1 rings (SSSR count). The topological polar surface area (TPSA) is 60.4 Å². The van der Waals surface area contributed by atoms with E-state index in [-0.39, 0.29) is 18.1 Å². The number of carbonyl (C=O) groups is 1. The molecule has 18 heavy (non-hydrogen) atoms. The number of carbonyl (C=O) groups excluding carboxylic acids is 1. The Labute approximate surface area is 112 Å². The highest BCUT2D eigenvalue weighted by Crippen LogP contribution is 2.21. The van der Waals surface area contributed by atoms with Gasteiger partial charge in [-0.2, -0.15) is 0 Å². The molecule has 0 amide bonds. The minimum atomic E-state index is -3.07. The van der Waals surface area contributed by atoms with Crippen molar-refractivity contribution in [3.63, 3.8) is 0 Å². The zero-order chi connectivity index (χ0) is 13.6. The molecular formula is C12H15ClO4S. The van der Waals surface area contributed by atoms with Crippen molar-refractivity contribution in [3.8, 4) is 5.75 Å². The molecule has 0 spiro atoms. The Balaban J connectivity index is 2.62. The molecule has 0 aliphatic carbocycles. The number of benzene rings is 1. The van der Waals surface area contributed by atoms with Crippen LogP contribution in [0.2, 0.25) is 5.02 Å². The van der Waals surface area contributed by atoms with Gasteiger partial charge in [-0.05, 0) is 24.6 Å². The number of rotatable bonds is 7. The normalized spacial score (nSPS) is 11.2. The summed E-state index contributed by atoms with van der Waals surface area (Å²) in [5, 5.41) is 0.433. The minimum absolute atomic E-state index is 0.0325. The second kappa shape index (κ2) is 6.75. The SMILES string of the molecule is CCCS(=O)(=O)CCOc1ccc(Cl)cc1C=O. The Bertz CT molecular complexity index is 511. The van der Waals surface area contributed by atoms with Crippen molar-refractivity contribution < 1.29 is 17.9 Å². The van der Waals surface area contributed by atoms with Gasteiger partial charge < -0.3 is 4.74 Å². The van der Waals surface area contributed by atoms with Gasteiger partial charge in [-0.25, -0.2) is 8.42 Å². The molecular weight excluding hydrogens is 276 g/mol. The summed E-state index contributed by atoms with van der Waals surface area (Å²) in [5.74, 6) is 0.445. The molecule has 0 heterocycles. The summed E-state index contributed by atoms with van der Waals surface area (Å²) in [7, 11) is -3.07. The molecule has 0 N–H and O–H groups in total. The fourth-order valence-corrected chi connectivity index (χ4v) is 2.78. The molecule has 0 radical (unpaired) electrons. The summed E-state index contributed by atoms with van der Waals surface area (Å²) in [5.41, 5.74) is 0.315. The molecule has 0 atom stereocenters. The highest BCUT2D eigenvalue weighted by atomic mass is 35.5. The molecule has 0 saturated carbocycles. The monoisotopic (exact) mass is 290 g/mol.